The molecular weight excluding hydrogens is 401 g/mol. The van der Waals surface area contributed by atoms with Gasteiger partial charge < -0.3 is 9.47 Å². The summed E-state index contributed by atoms with van der Waals surface area (Å²) >= 11 is 12.3. The second-order valence-corrected chi connectivity index (χ2v) is 8.20. The van der Waals surface area contributed by atoms with Crippen molar-refractivity contribution < 1.29 is 19.1 Å². The molecule has 1 aromatic rings. The molecule has 4 atom stereocenters. The number of carbonyl (C=O) groups excluding carboxylic acids is 2. The zero-order valence-corrected chi connectivity index (χ0v) is 17.8. The van der Waals surface area contributed by atoms with E-state index in [1.54, 1.807) is 13.0 Å². The highest BCUT2D eigenvalue weighted by Crippen LogP contribution is 2.48. The molecule has 4 unspecified atom stereocenters. The van der Waals surface area contributed by atoms with E-state index < -0.39 is 0 Å². The first-order valence-electron chi connectivity index (χ1n) is 9.99. The third-order valence-electron chi connectivity index (χ3n) is 5.87. The summed E-state index contributed by atoms with van der Waals surface area (Å²) < 4.78 is 10.5. The number of fused-ring (bicyclic) bond motifs is 2. The molecule has 154 valence electrons. The molecule has 0 amide bonds. The van der Waals surface area contributed by atoms with E-state index in [9.17, 15) is 9.59 Å². The first kappa shape index (κ1) is 21.4. The van der Waals surface area contributed by atoms with Gasteiger partial charge in [-0.15, -0.1) is 0 Å². The van der Waals surface area contributed by atoms with Gasteiger partial charge in [0.2, 0.25) is 0 Å². The maximum Gasteiger partial charge on any atom is 0.311 e. The van der Waals surface area contributed by atoms with Gasteiger partial charge in [-0.05, 0) is 50.8 Å². The number of carbonyl (C=O) groups is 2. The summed E-state index contributed by atoms with van der Waals surface area (Å²) in [7, 11) is 0. The average molecular weight is 428 g/mol. The van der Waals surface area contributed by atoms with Gasteiger partial charge in [0.05, 0.1) is 35.6 Å². The number of halogens is 2. The Morgan fingerprint density at radius 1 is 1.11 bits per heavy atom. The zero-order valence-electron chi connectivity index (χ0n) is 16.3. The lowest BCUT2D eigenvalue weighted by molar-refractivity contribution is -0.153. The molecule has 0 radical (unpaired) electrons. The van der Waals surface area contributed by atoms with Crippen LogP contribution in [0.15, 0.2) is 18.2 Å². The van der Waals surface area contributed by atoms with E-state index in [1.807, 2.05) is 19.1 Å². The highest BCUT2D eigenvalue weighted by molar-refractivity contribution is 6.42. The van der Waals surface area contributed by atoms with Gasteiger partial charge in [0, 0.05) is 24.5 Å². The average Bonchev–Trinajstić information content (AvgIpc) is 2.93. The van der Waals surface area contributed by atoms with Gasteiger partial charge in [-0.2, -0.15) is 0 Å². The number of ether oxygens (including phenoxy) is 2. The first-order valence-corrected chi connectivity index (χ1v) is 10.7. The Hall–Kier alpha value is -1.30. The molecule has 1 aromatic carbocycles. The van der Waals surface area contributed by atoms with Crippen molar-refractivity contribution >= 4 is 35.1 Å². The molecule has 0 aromatic heterocycles. The van der Waals surface area contributed by atoms with Crippen molar-refractivity contribution in [2.75, 3.05) is 19.8 Å². The van der Waals surface area contributed by atoms with Crippen molar-refractivity contribution in [2.45, 2.75) is 57.5 Å². The van der Waals surface area contributed by atoms with E-state index in [4.69, 9.17) is 32.7 Å². The molecule has 2 bridgehead atoms. The van der Waals surface area contributed by atoms with Gasteiger partial charge in [-0.3, -0.25) is 14.5 Å². The van der Waals surface area contributed by atoms with Crippen LogP contribution < -0.4 is 0 Å². The van der Waals surface area contributed by atoms with Crippen molar-refractivity contribution in [2.24, 2.45) is 5.92 Å². The van der Waals surface area contributed by atoms with E-state index in [1.165, 1.54) is 0 Å². The molecule has 2 heterocycles. The monoisotopic (exact) mass is 427 g/mol. The van der Waals surface area contributed by atoms with E-state index in [0.29, 0.717) is 42.3 Å². The third kappa shape index (κ3) is 4.47. The Labute approximate surface area is 176 Å². The molecule has 0 spiro atoms. The van der Waals surface area contributed by atoms with Crippen molar-refractivity contribution in [1.29, 1.82) is 0 Å². The van der Waals surface area contributed by atoms with Crippen molar-refractivity contribution in [1.82, 2.24) is 4.90 Å². The molecule has 7 heteroatoms. The summed E-state index contributed by atoms with van der Waals surface area (Å²) in [6, 6.07) is 6.01. The lowest BCUT2D eigenvalue weighted by Gasteiger charge is -2.43. The highest BCUT2D eigenvalue weighted by atomic mass is 35.5. The zero-order chi connectivity index (χ0) is 20.3. The third-order valence-corrected chi connectivity index (χ3v) is 6.61. The van der Waals surface area contributed by atoms with Crippen LogP contribution in [0.2, 0.25) is 10.0 Å². The Kier molecular flexibility index (Phi) is 7.24. The van der Waals surface area contributed by atoms with Crippen LogP contribution in [0, 0.1) is 5.92 Å². The smallest absolute Gasteiger partial charge is 0.311 e. The predicted molar refractivity (Wildman–Crippen MR) is 109 cm³/mol. The van der Waals surface area contributed by atoms with Crippen LogP contribution in [0.3, 0.4) is 0 Å². The fourth-order valence-corrected chi connectivity index (χ4v) is 5.07. The number of esters is 2. The number of benzene rings is 1. The van der Waals surface area contributed by atoms with Gasteiger partial charge in [0.25, 0.3) is 0 Å². The van der Waals surface area contributed by atoms with Gasteiger partial charge in [0.15, 0.2) is 0 Å². The minimum absolute atomic E-state index is 0.0326. The normalized spacial score (nSPS) is 26.9. The lowest BCUT2D eigenvalue weighted by Crippen LogP contribution is -2.51. The van der Waals surface area contributed by atoms with Gasteiger partial charge in [0.1, 0.15) is 0 Å². The van der Waals surface area contributed by atoms with E-state index in [-0.39, 0.29) is 29.8 Å². The summed E-state index contributed by atoms with van der Waals surface area (Å²) in [5.41, 5.74) is 1.02. The minimum Gasteiger partial charge on any atom is -0.466 e. The molecule has 0 N–H and O–H groups in total. The van der Waals surface area contributed by atoms with Gasteiger partial charge in [-0.25, -0.2) is 0 Å². The molecule has 0 aliphatic carbocycles. The maximum absolute atomic E-state index is 12.9. The summed E-state index contributed by atoms with van der Waals surface area (Å²) in [6.07, 6.45) is 3.12. The number of hydrogen-bond acceptors (Lipinski definition) is 5. The Balaban J connectivity index is 1.84. The van der Waals surface area contributed by atoms with Crippen LogP contribution in [0.1, 0.15) is 51.0 Å². The fraction of sp³-hybridized carbons (Fsp3) is 0.619. The molecule has 3 rings (SSSR count). The van der Waals surface area contributed by atoms with E-state index >= 15 is 0 Å². The second-order valence-electron chi connectivity index (χ2n) is 7.38. The molecule has 2 aliphatic rings. The summed E-state index contributed by atoms with van der Waals surface area (Å²) in [5.74, 6) is -0.616. The molecule has 0 saturated carbocycles. The topological polar surface area (TPSA) is 55.8 Å². The second kappa shape index (κ2) is 9.47. The van der Waals surface area contributed by atoms with Crippen LogP contribution >= 0.6 is 23.2 Å². The SMILES string of the molecule is CCOC(=O)CCN1C2CCC1C(C(=O)OCC)C(c1ccc(Cl)c(Cl)c1)C2. The molecule has 2 saturated heterocycles. The fourth-order valence-electron chi connectivity index (χ4n) is 4.76. The van der Waals surface area contributed by atoms with Crippen molar-refractivity contribution in [3.05, 3.63) is 33.8 Å². The molecule has 2 aliphatic heterocycles. The van der Waals surface area contributed by atoms with Gasteiger partial charge in [-0.1, -0.05) is 29.3 Å². The minimum atomic E-state index is -0.280. The molecule has 28 heavy (non-hydrogen) atoms. The predicted octanol–water partition coefficient (Wildman–Crippen LogP) is 4.45. The number of nitrogens with zero attached hydrogens (tertiary/aromatic N) is 1. The van der Waals surface area contributed by atoms with Crippen LogP contribution in [0.5, 0.6) is 0 Å². The van der Waals surface area contributed by atoms with Crippen LogP contribution in [0.4, 0.5) is 0 Å². The standard InChI is InChI=1S/C21H27Cl2NO4/c1-3-27-19(25)9-10-24-14-6-8-18(24)20(21(26)28-4-2)15(12-14)13-5-7-16(22)17(23)11-13/h5,7,11,14-15,18,20H,3-4,6,8-10,12H2,1-2H3. The number of rotatable bonds is 7. The van der Waals surface area contributed by atoms with Crippen LogP contribution in [0.25, 0.3) is 0 Å². The quantitative estimate of drug-likeness (QED) is 0.601. The summed E-state index contributed by atoms with van der Waals surface area (Å²) in [5, 5.41) is 1.01. The summed E-state index contributed by atoms with van der Waals surface area (Å²) in [6.45, 7) is 4.98. The Morgan fingerprint density at radius 2 is 1.86 bits per heavy atom. The Morgan fingerprint density at radius 3 is 2.54 bits per heavy atom. The molecule has 5 nitrogen and oxygen atoms in total. The maximum atomic E-state index is 12.9. The Bertz CT molecular complexity index is 726. The molecule has 2 fully saturated rings. The van der Waals surface area contributed by atoms with Gasteiger partial charge >= 0.3 is 11.9 Å². The largest absolute Gasteiger partial charge is 0.466 e. The molecular formula is C21H27Cl2NO4. The highest BCUT2D eigenvalue weighted by Gasteiger charge is 2.51. The van der Waals surface area contributed by atoms with Crippen LogP contribution in [-0.2, 0) is 19.1 Å². The number of hydrogen-bond donors (Lipinski definition) is 0. The van der Waals surface area contributed by atoms with E-state index in [2.05, 4.69) is 4.90 Å². The van der Waals surface area contributed by atoms with Crippen LogP contribution in [-0.4, -0.2) is 48.7 Å². The lowest BCUT2D eigenvalue weighted by atomic mass is 9.76. The first-order chi connectivity index (χ1) is 13.5. The van der Waals surface area contributed by atoms with Crippen molar-refractivity contribution in [3.63, 3.8) is 0 Å². The number of piperidine rings is 1. The summed E-state index contributed by atoms with van der Waals surface area (Å²) in [4.78, 5) is 27.0. The van der Waals surface area contributed by atoms with E-state index in [0.717, 1.165) is 24.8 Å². The van der Waals surface area contributed by atoms with Crippen molar-refractivity contribution in [3.8, 4) is 0 Å².